The molecule has 0 saturated heterocycles. The molecule has 0 unspecified atom stereocenters. The number of nitrogens with zero attached hydrogens (tertiary/aromatic N) is 2. The van der Waals surface area contributed by atoms with E-state index in [1.165, 1.54) is 17.0 Å². The summed E-state index contributed by atoms with van der Waals surface area (Å²) in [7, 11) is 0. The lowest BCUT2D eigenvalue weighted by Crippen LogP contribution is -2.22. The third kappa shape index (κ3) is 7.63. The van der Waals surface area contributed by atoms with Crippen molar-refractivity contribution in [1.29, 1.82) is 0 Å². The Labute approximate surface area is 197 Å². The minimum absolute atomic E-state index is 0.0377. The van der Waals surface area contributed by atoms with E-state index in [1.807, 2.05) is 24.3 Å². The monoisotopic (exact) mass is 549 g/mol. The molecule has 0 aliphatic rings. The number of ether oxygens (including phenoxy) is 1. The van der Waals surface area contributed by atoms with Gasteiger partial charge in [-0.3, -0.25) is 9.36 Å². The van der Waals surface area contributed by atoms with Crippen LogP contribution in [0.25, 0.3) is 0 Å². The maximum absolute atomic E-state index is 13.7. The van der Waals surface area contributed by atoms with Gasteiger partial charge in [-0.25, -0.2) is 18.6 Å². The van der Waals surface area contributed by atoms with Crippen LogP contribution in [-0.2, 0) is 24.5 Å². The van der Waals surface area contributed by atoms with Crippen molar-refractivity contribution in [3.05, 3.63) is 91.9 Å². The summed E-state index contributed by atoms with van der Waals surface area (Å²) in [5, 5.41) is 7.12. The van der Waals surface area contributed by atoms with Crippen LogP contribution in [0.2, 0.25) is 0 Å². The van der Waals surface area contributed by atoms with Gasteiger partial charge in [-0.1, -0.05) is 24.3 Å². The maximum atomic E-state index is 13.7. The van der Waals surface area contributed by atoms with Crippen molar-refractivity contribution in [1.82, 2.24) is 9.55 Å². The molecular weight excluding hydrogens is 533 g/mol. The summed E-state index contributed by atoms with van der Waals surface area (Å²) in [4.78, 5) is 25.5. The highest BCUT2D eigenvalue weighted by molar-refractivity contribution is 9.10. The van der Waals surface area contributed by atoms with Gasteiger partial charge in [-0.05, 0) is 39.2 Å². The summed E-state index contributed by atoms with van der Waals surface area (Å²) in [5.41, 5.74) is 7.34. The number of hydrogen-bond donors (Lipinski definition) is 2. The van der Waals surface area contributed by atoms with Gasteiger partial charge in [-0.2, -0.15) is 13.2 Å². The third-order valence-electron chi connectivity index (χ3n) is 4.15. The predicted molar refractivity (Wildman–Crippen MR) is 114 cm³/mol. The molecule has 0 bridgehead atoms. The van der Waals surface area contributed by atoms with E-state index in [2.05, 4.69) is 20.9 Å². The van der Waals surface area contributed by atoms with Crippen molar-refractivity contribution in [2.45, 2.75) is 25.9 Å². The molecule has 0 saturated carbocycles. The first kappa shape index (κ1) is 26.9. The Hall–Kier alpha value is -3.32. The fourth-order valence-corrected chi connectivity index (χ4v) is 2.94. The second-order valence-corrected chi connectivity index (χ2v) is 7.44. The SMILES string of the molecule is NCc1cccc(Cn2cnc(OCc3ccc(F)cc3F)c(Br)c2=O)c1.O=C(O)C(F)(F)F. The first-order chi connectivity index (χ1) is 15.9. The van der Waals surface area contributed by atoms with E-state index in [1.54, 1.807) is 0 Å². The van der Waals surface area contributed by atoms with Gasteiger partial charge in [-0.15, -0.1) is 0 Å². The van der Waals surface area contributed by atoms with Crippen molar-refractivity contribution in [2.75, 3.05) is 0 Å². The van der Waals surface area contributed by atoms with Gasteiger partial charge in [0.05, 0.1) is 6.54 Å². The van der Waals surface area contributed by atoms with E-state index in [9.17, 15) is 26.7 Å². The molecule has 182 valence electrons. The third-order valence-corrected chi connectivity index (χ3v) is 4.83. The molecular formula is C21H17BrF5N3O4. The van der Waals surface area contributed by atoms with Gasteiger partial charge in [0.25, 0.3) is 5.56 Å². The van der Waals surface area contributed by atoms with Gasteiger partial charge in [0, 0.05) is 18.2 Å². The largest absolute Gasteiger partial charge is 0.490 e. The maximum Gasteiger partial charge on any atom is 0.490 e. The minimum Gasteiger partial charge on any atom is -0.475 e. The van der Waals surface area contributed by atoms with Gasteiger partial charge in [0.2, 0.25) is 5.88 Å². The highest BCUT2D eigenvalue weighted by Gasteiger charge is 2.38. The molecule has 13 heteroatoms. The standard InChI is InChI=1S/C19H16BrF2N3O2.C2HF3O2/c20-17-18(27-10-14-4-5-15(21)7-16(14)22)24-11-25(19(17)26)9-13-3-1-2-12(6-13)8-23;3-2(4,5)1(6)7/h1-7,11H,8-10,23H2;(H,6,7). The van der Waals surface area contributed by atoms with Gasteiger partial charge < -0.3 is 15.6 Å². The summed E-state index contributed by atoms with van der Waals surface area (Å²) in [6.45, 7) is 0.558. The van der Waals surface area contributed by atoms with Crippen molar-refractivity contribution in [3.8, 4) is 5.88 Å². The number of carbonyl (C=O) groups is 1. The molecule has 0 fully saturated rings. The molecule has 0 aliphatic heterocycles. The van der Waals surface area contributed by atoms with Crippen LogP contribution in [0.5, 0.6) is 5.88 Å². The minimum atomic E-state index is -5.08. The van der Waals surface area contributed by atoms with Crippen LogP contribution in [0.3, 0.4) is 0 Å². The van der Waals surface area contributed by atoms with Crippen molar-refractivity contribution < 1.29 is 36.6 Å². The highest BCUT2D eigenvalue weighted by Crippen LogP contribution is 2.20. The number of hydrogen-bond acceptors (Lipinski definition) is 5. The van der Waals surface area contributed by atoms with E-state index in [0.717, 1.165) is 23.3 Å². The molecule has 3 rings (SSSR count). The second-order valence-electron chi connectivity index (χ2n) is 6.65. The summed E-state index contributed by atoms with van der Waals surface area (Å²) in [6, 6.07) is 10.8. The molecule has 0 aliphatic carbocycles. The lowest BCUT2D eigenvalue weighted by molar-refractivity contribution is -0.192. The van der Waals surface area contributed by atoms with E-state index >= 15 is 0 Å². The van der Waals surface area contributed by atoms with Gasteiger partial charge in [0.1, 0.15) is 29.0 Å². The van der Waals surface area contributed by atoms with Gasteiger partial charge in [0.15, 0.2) is 0 Å². The lowest BCUT2D eigenvalue weighted by atomic mass is 10.1. The molecule has 0 amide bonds. The number of nitrogens with two attached hydrogens (primary N) is 1. The Morgan fingerprint density at radius 2 is 1.79 bits per heavy atom. The summed E-state index contributed by atoms with van der Waals surface area (Å²) >= 11 is 3.18. The molecule has 7 nitrogen and oxygen atoms in total. The molecule has 3 N–H and O–H groups in total. The van der Waals surface area contributed by atoms with Crippen LogP contribution < -0.4 is 16.0 Å². The molecule has 0 radical (unpaired) electrons. The summed E-state index contributed by atoms with van der Waals surface area (Å²) in [5.74, 6) is -4.11. The number of carboxylic acid groups (broad SMARTS) is 1. The summed E-state index contributed by atoms with van der Waals surface area (Å²) < 4.78 is 65.3. The normalized spacial score (nSPS) is 10.9. The number of aliphatic carboxylic acids is 1. The Morgan fingerprint density at radius 1 is 1.15 bits per heavy atom. The number of aromatic nitrogens is 2. The Bertz CT molecular complexity index is 1220. The van der Waals surface area contributed by atoms with Gasteiger partial charge >= 0.3 is 12.1 Å². The zero-order valence-electron chi connectivity index (χ0n) is 17.2. The number of carboxylic acids is 1. The molecule has 2 aromatic carbocycles. The Morgan fingerprint density at radius 3 is 2.38 bits per heavy atom. The number of benzene rings is 2. The van der Waals surface area contributed by atoms with E-state index in [4.69, 9.17) is 20.4 Å². The van der Waals surface area contributed by atoms with E-state index in [0.29, 0.717) is 13.1 Å². The molecule has 1 heterocycles. The fourth-order valence-electron chi connectivity index (χ4n) is 2.50. The Balaban J connectivity index is 0.000000509. The number of alkyl halides is 3. The molecule has 3 aromatic rings. The molecule has 0 atom stereocenters. The number of rotatable bonds is 6. The quantitative estimate of drug-likeness (QED) is 0.450. The topological polar surface area (TPSA) is 107 Å². The zero-order chi connectivity index (χ0) is 25.5. The first-order valence-electron chi connectivity index (χ1n) is 9.32. The average molecular weight is 550 g/mol. The zero-order valence-corrected chi connectivity index (χ0v) is 18.7. The average Bonchev–Trinajstić information content (AvgIpc) is 2.77. The number of halogens is 6. The van der Waals surface area contributed by atoms with E-state index < -0.39 is 23.8 Å². The Kier molecular flexibility index (Phi) is 9.27. The van der Waals surface area contributed by atoms with Crippen molar-refractivity contribution in [3.63, 3.8) is 0 Å². The van der Waals surface area contributed by atoms with Crippen LogP contribution in [0, 0.1) is 11.6 Å². The second kappa shape index (κ2) is 11.7. The molecule has 0 spiro atoms. The molecule has 34 heavy (non-hydrogen) atoms. The van der Waals surface area contributed by atoms with Crippen molar-refractivity contribution >= 4 is 21.9 Å². The highest BCUT2D eigenvalue weighted by atomic mass is 79.9. The van der Waals surface area contributed by atoms with E-state index in [-0.39, 0.29) is 28.1 Å². The van der Waals surface area contributed by atoms with Crippen LogP contribution in [0.1, 0.15) is 16.7 Å². The van der Waals surface area contributed by atoms with Crippen LogP contribution >= 0.6 is 15.9 Å². The first-order valence-corrected chi connectivity index (χ1v) is 10.1. The fraction of sp³-hybridized carbons (Fsp3) is 0.190. The smallest absolute Gasteiger partial charge is 0.475 e. The lowest BCUT2D eigenvalue weighted by Gasteiger charge is -2.11. The summed E-state index contributed by atoms with van der Waals surface area (Å²) in [6.07, 6.45) is -3.72. The predicted octanol–water partition coefficient (Wildman–Crippen LogP) is 4.00. The molecule has 1 aromatic heterocycles. The van der Waals surface area contributed by atoms with Crippen LogP contribution in [0.4, 0.5) is 22.0 Å². The van der Waals surface area contributed by atoms with Crippen LogP contribution in [0.15, 0.2) is 58.1 Å². The van der Waals surface area contributed by atoms with Crippen LogP contribution in [-0.4, -0.2) is 26.8 Å². The van der Waals surface area contributed by atoms with Crippen molar-refractivity contribution in [2.24, 2.45) is 5.73 Å².